The van der Waals surface area contributed by atoms with E-state index in [0.29, 0.717) is 21.1 Å². The zero-order chi connectivity index (χ0) is 31.7. The predicted octanol–water partition coefficient (Wildman–Crippen LogP) is 11.1. The van der Waals surface area contributed by atoms with Gasteiger partial charge in [-0.05, 0) is 51.6 Å². The van der Waals surface area contributed by atoms with Gasteiger partial charge in [-0.1, -0.05) is 163 Å². The van der Waals surface area contributed by atoms with Crippen LogP contribution in [0.4, 0.5) is 0 Å². The molecule has 3 unspecified atom stereocenters. The number of hydrogen-bond donors (Lipinski definition) is 0. The minimum Gasteiger partial charge on any atom is -0.488 e. The number of nitrogens with zero attached hydrogens (tertiary/aromatic N) is 1. The van der Waals surface area contributed by atoms with Gasteiger partial charge in [0.15, 0.2) is 0 Å². The van der Waals surface area contributed by atoms with Crippen LogP contribution in [0.15, 0.2) is 71.7 Å². The summed E-state index contributed by atoms with van der Waals surface area (Å²) in [4.78, 5) is 4.40. The molecule has 0 aliphatic heterocycles. The second-order valence-electron chi connectivity index (χ2n) is 14.2. The van der Waals surface area contributed by atoms with E-state index in [4.69, 9.17) is 4.74 Å². The van der Waals surface area contributed by atoms with Crippen molar-refractivity contribution in [2.45, 2.75) is 123 Å². The van der Waals surface area contributed by atoms with Gasteiger partial charge in [-0.3, -0.25) is 4.99 Å². The second-order valence-corrected chi connectivity index (χ2v) is 16.1. The maximum atomic E-state index is 7.08. The summed E-state index contributed by atoms with van der Waals surface area (Å²) >= 11 is 0. The molecular formula is C40H58NOP. The van der Waals surface area contributed by atoms with Gasteiger partial charge in [0, 0.05) is 29.5 Å². The van der Waals surface area contributed by atoms with Crippen molar-refractivity contribution in [2.75, 3.05) is 7.05 Å². The Bertz CT molecular complexity index is 1320. The molecule has 0 spiro atoms. The highest BCUT2D eigenvalue weighted by atomic mass is 31.1. The zero-order valence-corrected chi connectivity index (χ0v) is 29.8. The zero-order valence-electron chi connectivity index (χ0n) is 28.8. The average molecular weight is 600 g/mol. The van der Waals surface area contributed by atoms with Gasteiger partial charge in [0.25, 0.3) is 0 Å². The smallest absolute Gasteiger partial charge is 0.127 e. The van der Waals surface area contributed by atoms with Crippen molar-refractivity contribution in [1.82, 2.24) is 0 Å². The molecular weight excluding hydrogens is 541 g/mol. The Hall–Kier alpha value is -2.44. The molecule has 0 amide bonds. The van der Waals surface area contributed by atoms with E-state index in [9.17, 15) is 0 Å². The first-order valence-electron chi connectivity index (χ1n) is 16.5. The number of hydrogen-bond acceptors (Lipinski definition) is 2. The Labute approximate surface area is 265 Å². The van der Waals surface area contributed by atoms with Crippen molar-refractivity contribution in [2.24, 2.45) is 10.9 Å². The molecule has 3 aromatic rings. The first kappa shape index (κ1) is 35.0. The molecule has 0 saturated carbocycles. The van der Waals surface area contributed by atoms with Gasteiger partial charge in [0.1, 0.15) is 12.4 Å². The Morgan fingerprint density at radius 3 is 2.09 bits per heavy atom. The summed E-state index contributed by atoms with van der Waals surface area (Å²) in [6.45, 7) is 22.1. The topological polar surface area (TPSA) is 21.6 Å². The molecule has 0 N–H and O–H groups in total. The molecule has 0 aliphatic carbocycles. The number of ether oxygens (including phenoxy) is 1. The van der Waals surface area contributed by atoms with Crippen LogP contribution in [-0.4, -0.2) is 13.3 Å². The Kier molecular flexibility index (Phi) is 12.6. The fourth-order valence-corrected chi connectivity index (χ4v) is 7.62. The van der Waals surface area contributed by atoms with Crippen molar-refractivity contribution in [3.05, 3.63) is 94.5 Å². The van der Waals surface area contributed by atoms with Crippen molar-refractivity contribution < 1.29 is 4.74 Å². The van der Waals surface area contributed by atoms with Crippen molar-refractivity contribution >= 4 is 20.1 Å². The SMILES string of the molecule is CCCCC(C)C(C)(C)c1cc(C(C)(C)C)cc(C(C)(CCCC)Pc2ccccc2/C=N/C)c1OCc1ccccc1. The van der Waals surface area contributed by atoms with Gasteiger partial charge in [-0.2, -0.15) is 0 Å². The van der Waals surface area contributed by atoms with E-state index in [2.05, 4.69) is 134 Å². The molecule has 0 fully saturated rings. The van der Waals surface area contributed by atoms with Crippen LogP contribution >= 0.6 is 8.58 Å². The van der Waals surface area contributed by atoms with E-state index in [-0.39, 0.29) is 16.0 Å². The first-order chi connectivity index (χ1) is 20.4. The summed E-state index contributed by atoms with van der Waals surface area (Å²) in [5.74, 6) is 1.64. The average Bonchev–Trinajstić information content (AvgIpc) is 2.98. The first-order valence-corrected chi connectivity index (χ1v) is 17.5. The fraction of sp³-hybridized carbons (Fsp3) is 0.525. The molecule has 3 rings (SSSR count). The standard InChI is InChI=1S/C40H58NOP/c1-11-13-20-30(3)39(7,8)34-26-33(38(4,5)6)27-35(37(34)42-29-31-21-16-15-17-22-31)40(9,25-14-12-2)43-36-24-19-18-23-32(36)28-41-10/h15-19,21-24,26-28,30,43H,11-14,20,25,29H2,1-10H3/b41-28+. The summed E-state index contributed by atoms with van der Waals surface area (Å²) in [6.07, 6.45) is 9.17. The third-order valence-electron chi connectivity index (χ3n) is 9.36. The number of benzene rings is 3. The van der Waals surface area contributed by atoms with Crippen LogP contribution in [0.1, 0.15) is 129 Å². The molecule has 3 atom stereocenters. The quantitative estimate of drug-likeness (QED) is 0.126. The van der Waals surface area contributed by atoms with Crippen LogP contribution in [0.5, 0.6) is 5.75 Å². The van der Waals surface area contributed by atoms with Crippen molar-refractivity contribution in [1.29, 1.82) is 0 Å². The lowest BCUT2D eigenvalue weighted by atomic mass is 9.69. The molecule has 3 heteroatoms. The lowest BCUT2D eigenvalue weighted by Crippen LogP contribution is -2.31. The van der Waals surface area contributed by atoms with Gasteiger partial charge in [-0.25, -0.2) is 0 Å². The summed E-state index contributed by atoms with van der Waals surface area (Å²) in [5, 5.41) is 1.29. The molecule has 0 aromatic heterocycles. The van der Waals surface area contributed by atoms with Gasteiger partial charge in [0.2, 0.25) is 0 Å². The maximum absolute atomic E-state index is 7.08. The van der Waals surface area contributed by atoms with Gasteiger partial charge >= 0.3 is 0 Å². The van der Waals surface area contributed by atoms with Gasteiger partial charge in [0.05, 0.1) is 0 Å². The van der Waals surface area contributed by atoms with Crippen LogP contribution in [0.25, 0.3) is 0 Å². The fourth-order valence-electron chi connectivity index (χ4n) is 5.93. The predicted molar refractivity (Wildman–Crippen MR) is 192 cm³/mol. The maximum Gasteiger partial charge on any atom is 0.127 e. The van der Waals surface area contributed by atoms with E-state index >= 15 is 0 Å². The van der Waals surface area contributed by atoms with E-state index in [1.165, 1.54) is 65.2 Å². The normalized spacial score (nSPS) is 14.8. The monoisotopic (exact) mass is 599 g/mol. The highest BCUT2D eigenvalue weighted by molar-refractivity contribution is 7.48. The second kappa shape index (κ2) is 15.5. The number of aliphatic imine (C=N–C) groups is 1. The van der Waals surface area contributed by atoms with Crippen LogP contribution in [-0.2, 0) is 22.6 Å². The Morgan fingerprint density at radius 1 is 0.837 bits per heavy atom. The molecule has 0 heterocycles. The molecule has 43 heavy (non-hydrogen) atoms. The van der Waals surface area contributed by atoms with Crippen LogP contribution in [0.3, 0.4) is 0 Å². The molecule has 2 nitrogen and oxygen atoms in total. The number of rotatable bonds is 15. The van der Waals surface area contributed by atoms with Crippen LogP contribution < -0.4 is 10.0 Å². The minimum absolute atomic E-state index is 0.0196. The van der Waals surface area contributed by atoms with E-state index in [1.807, 2.05) is 13.3 Å². The van der Waals surface area contributed by atoms with Gasteiger partial charge < -0.3 is 4.74 Å². The van der Waals surface area contributed by atoms with Gasteiger partial charge in [-0.15, -0.1) is 0 Å². The molecule has 0 radical (unpaired) electrons. The number of unbranched alkanes of at least 4 members (excludes halogenated alkanes) is 2. The minimum atomic E-state index is -0.0849. The highest BCUT2D eigenvalue weighted by Gasteiger charge is 2.38. The van der Waals surface area contributed by atoms with E-state index in [1.54, 1.807) is 0 Å². The van der Waals surface area contributed by atoms with Crippen LogP contribution in [0.2, 0.25) is 0 Å². The van der Waals surface area contributed by atoms with E-state index < -0.39 is 0 Å². The third kappa shape index (κ3) is 9.04. The third-order valence-corrected chi connectivity index (χ3v) is 11.2. The molecule has 3 aromatic carbocycles. The Balaban J connectivity index is 2.34. The summed E-state index contributed by atoms with van der Waals surface area (Å²) in [7, 11) is 2.46. The highest BCUT2D eigenvalue weighted by Crippen LogP contribution is 2.53. The molecule has 0 saturated heterocycles. The van der Waals surface area contributed by atoms with Crippen molar-refractivity contribution in [3.8, 4) is 5.75 Å². The largest absolute Gasteiger partial charge is 0.488 e. The molecule has 0 bridgehead atoms. The summed E-state index contributed by atoms with van der Waals surface area (Å²) < 4.78 is 7.08. The van der Waals surface area contributed by atoms with Crippen molar-refractivity contribution in [3.63, 3.8) is 0 Å². The lowest BCUT2D eigenvalue weighted by Gasteiger charge is -2.40. The lowest BCUT2D eigenvalue weighted by molar-refractivity contribution is 0.266. The van der Waals surface area contributed by atoms with E-state index in [0.717, 1.165) is 12.2 Å². The summed E-state index contributed by atoms with van der Waals surface area (Å²) in [5.41, 5.74) is 6.54. The molecule has 234 valence electrons. The van der Waals surface area contributed by atoms with Crippen LogP contribution in [0, 0.1) is 5.92 Å². The molecule has 0 aliphatic rings. The Morgan fingerprint density at radius 2 is 1.47 bits per heavy atom. The summed E-state index contributed by atoms with van der Waals surface area (Å²) in [6, 6.07) is 24.5.